The zero-order chi connectivity index (χ0) is 17.1. The molecule has 1 N–H and O–H groups in total. The lowest BCUT2D eigenvalue weighted by atomic mass is 9.91. The third-order valence-electron chi connectivity index (χ3n) is 4.51. The number of aryl methyl sites for hydroxylation is 1. The topological polar surface area (TPSA) is 64.7 Å². The highest BCUT2D eigenvalue weighted by molar-refractivity contribution is 4.99. The Labute approximate surface area is 138 Å². The molecular weight excluding hydrogens is 316 g/mol. The molecule has 6 nitrogen and oxygen atoms in total. The predicted molar refractivity (Wildman–Crippen MR) is 84.8 cm³/mol. The van der Waals surface area contributed by atoms with Crippen LogP contribution >= 0.6 is 0 Å². The summed E-state index contributed by atoms with van der Waals surface area (Å²) in [5, 5.41) is 7.62. The molecule has 1 saturated carbocycles. The number of halogens is 2. The Morgan fingerprint density at radius 3 is 2.75 bits per heavy atom. The molecule has 0 amide bonds. The highest BCUT2D eigenvalue weighted by Crippen LogP contribution is 2.27. The highest BCUT2D eigenvalue weighted by atomic mass is 19.3. The molecule has 0 aromatic carbocycles. The molecule has 1 aliphatic rings. The summed E-state index contributed by atoms with van der Waals surface area (Å²) in [6, 6.07) is 3.62. The van der Waals surface area contributed by atoms with Crippen molar-refractivity contribution in [1.82, 2.24) is 24.6 Å². The predicted octanol–water partition coefficient (Wildman–Crippen LogP) is 2.42. The molecule has 0 aliphatic heterocycles. The lowest BCUT2D eigenvalue weighted by molar-refractivity contribution is 0.0663. The van der Waals surface area contributed by atoms with Gasteiger partial charge in [0.1, 0.15) is 5.82 Å². The number of rotatable bonds is 5. The molecule has 0 bridgehead atoms. The van der Waals surface area contributed by atoms with E-state index in [4.69, 9.17) is 0 Å². The molecule has 2 heterocycles. The number of hydrogen-bond donors (Lipinski definition) is 1. The monoisotopic (exact) mass is 337 g/mol. The van der Waals surface area contributed by atoms with Gasteiger partial charge in [-0.3, -0.25) is 9.36 Å². The normalized spacial score (nSPS) is 21.3. The number of alkyl halides is 2. The van der Waals surface area contributed by atoms with Gasteiger partial charge < -0.3 is 5.32 Å². The minimum atomic E-state index is -2.57. The van der Waals surface area contributed by atoms with Gasteiger partial charge in [-0.2, -0.15) is 13.9 Å². The SMILES string of the molecule is Cc1ccc(=O)n(C2CCC(NCc3nccn3C(F)F)CC2)n1. The van der Waals surface area contributed by atoms with Crippen LogP contribution in [0.5, 0.6) is 0 Å². The van der Waals surface area contributed by atoms with E-state index in [2.05, 4.69) is 15.4 Å². The van der Waals surface area contributed by atoms with Crippen LogP contribution in [-0.4, -0.2) is 25.4 Å². The van der Waals surface area contributed by atoms with Gasteiger partial charge in [-0.05, 0) is 38.7 Å². The Hall–Kier alpha value is -2.09. The maximum absolute atomic E-state index is 12.8. The second-order valence-corrected chi connectivity index (χ2v) is 6.17. The summed E-state index contributed by atoms with van der Waals surface area (Å²) in [5.74, 6) is 0.337. The van der Waals surface area contributed by atoms with Gasteiger partial charge in [0.05, 0.1) is 18.3 Å². The number of aromatic nitrogens is 4. The van der Waals surface area contributed by atoms with E-state index >= 15 is 0 Å². The summed E-state index contributed by atoms with van der Waals surface area (Å²) in [7, 11) is 0. The third-order valence-corrected chi connectivity index (χ3v) is 4.51. The largest absolute Gasteiger partial charge is 0.319 e. The van der Waals surface area contributed by atoms with Crippen LogP contribution in [0.4, 0.5) is 8.78 Å². The maximum atomic E-state index is 12.8. The van der Waals surface area contributed by atoms with E-state index in [9.17, 15) is 13.6 Å². The van der Waals surface area contributed by atoms with Crippen molar-refractivity contribution < 1.29 is 8.78 Å². The molecule has 2 aromatic rings. The molecule has 130 valence electrons. The van der Waals surface area contributed by atoms with Crippen molar-refractivity contribution in [1.29, 1.82) is 0 Å². The number of nitrogens with one attached hydrogen (secondary N) is 1. The van der Waals surface area contributed by atoms with Gasteiger partial charge in [0, 0.05) is 24.5 Å². The Kier molecular flexibility index (Phi) is 5.03. The maximum Gasteiger partial charge on any atom is 0.319 e. The van der Waals surface area contributed by atoms with Crippen LogP contribution in [0.1, 0.15) is 49.8 Å². The van der Waals surface area contributed by atoms with Crippen molar-refractivity contribution in [3.63, 3.8) is 0 Å². The molecule has 0 unspecified atom stereocenters. The smallest absolute Gasteiger partial charge is 0.307 e. The Morgan fingerprint density at radius 2 is 2.04 bits per heavy atom. The standard InChI is InChI=1S/C16H21F2N5O/c1-11-2-7-15(24)23(21-11)13-5-3-12(4-6-13)20-10-14-19-8-9-22(14)16(17)18/h2,7-9,12-13,16,20H,3-6,10H2,1H3. The van der Waals surface area contributed by atoms with Gasteiger partial charge in [0.15, 0.2) is 0 Å². The van der Waals surface area contributed by atoms with Crippen LogP contribution in [0, 0.1) is 6.92 Å². The Bertz CT molecular complexity index is 734. The summed E-state index contributed by atoms with van der Waals surface area (Å²) < 4.78 is 28.0. The fourth-order valence-corrected chi connectivity index (χ4v) is 3.20. The first-order valence-electron chi connectivity index (χ1n) is 8.14. The van der Waals surface area contributed by atoms with Crippen molar-refractivity contribution in [3.05, 3.63) is 46.4 Å². The molecule has 1 aliphatic carbocycles. The van der Waals surface area contributed by atoms with Crippen molar-refractivity contribution in [2.45, 2.75) is 57.8 Å². The van der Waals surface area contributed by atoms with Gasteiger partial charge in [-0.15, -0.1) is 0 Å². The van der Waals surface area contributed by atoms with E-state index in [1.807, 2.05) is 6.92 Å². The van der Waals surface area contributed by atoms with Crippen LogP contribution in [0.2, 0.25) is 0 Å². The van der Waals surface area contributed by atoms with Crippen LogP contribution < -0.4 is 10.9 Å². The summed E-state index contributed by atoms with van der Waals surface area (Å²) in [6.45, 7) is -0.386. The third kappa shape index (κ3) is 3.69. The molecule has 1 fully saturated rings. The average Bonchev–Trinajstić information content (AvgIpc) is 3.04. The van der Waals surface area contributed by atoms with Crippen molar-refractivity contribution in [2.24, 2.45) is 0 Å². The van der Waals surface area contributed by atoms with Crippen molar-refractivity contribution in [3.8, 4) is 0 Å². The fraction of sp³-hybridized carbons (Fsp3) is 0.562. The number of hydrogen-bond acceptors (Lipinski definition) is 4. The first-order chi connectivity index (χ1) is 11.5. The van der Waals surface area contributed by atoms with Gasteiger partial charge in [0.2, 0.25) is 0 Å². The molecule has 0 spiro atoms. The summed E-state index contributed by atoms with van der Waals surface area (Å²) >= 11 is 0. The summed E-state index contributed by atoms with van der Waals surface area (Å²) in [4.78, 5) is 15.9. The molecule has 24 heavy (non-hydrogen) atoms. The van der Waals surface area contributed by atoms with Gasteiger partial charge >= 0.3 is 6.55 Å². The van der Waals surface area contributed by atoms with Crippen LogP contribution in [0.15, 0.2) is 29.3 Å². The van der Waals surface area contributed by atoms with Crippen LogP contribution in [0.3, 0.4) is 0 Å². The minimum Gasteiger partial charge on any atom is -0.307 e. The molecule has 8 heteroatoms. The zero-order valence-electron chi connectivity index (χ0n) is 13.5. The Morgan fingerprint density at radius 1 is 1.29 bits per heavy atom. The minimum absolute atomic E-state index is 0.0732. The fourth-order valence-electron chi connectivity index (χ4n) is 3.20. The van der Waals surface area contributed by atoms with Crippen molar-refractivity contribution in [2.75, 3.05) is 0 Å². The summed E-state index contributed by atoms with van der Waals surface area (Å²) in [6.07, 6.45) is 6.11. The first-order valence-corrected chi connectivity index (χ1v) is 8.14. The van der Waals surface area contributed by atoms with Gasteiger partial charge in [0.25, 0.3) is 5.56 Å². The van der Waals surface area contributed by atoms with E-state index in [0.717, 1.165) is 35.9 Å². The molecular formula is C16H21F2N5O. The number of imidazole rings is 1. The molecule has 3 rings (SSSR count). The lowest BCUT2D eigenvalue weighted by Crippen LogP contribution is -2.37. The van der Waals surface area contributed by atoms with Crippen LogP contribution in [0.25, 0.3) is 0 Å². The van der Waals surface area contributed by atoms with Crippen molar-refractivity contribution >= 4 is 0 Å². The van der Waals surface area contributed by atoms with Crippen LogP contribution in [-0.2, 0) is 6.54 Å². The zero-order valence-corrected chi connectivity index (χ0v) is 13.5. The van der Waals surface area contributed by atoms with Gasteiger partial charge in [-0.25, -0.2) is 9.67 Å². The highest BCUT2D eigenvalue weighted by Gasteiger charge is 2.24. The van der Waals surface area contributed by atoms with E-state index < -0.39 is 6.55 Å². The Balaban J connectivity index is 1.55. The molecule has 2 aromatic heterocycles. The quantitative estimate of drug-likeness (QED) is 0.910. The summed E-state index contributed by atoms with van der Waals surface area (Å²) in [5.41, 5.74) is 0.754. The van der Waals surface area contributed by atoms with E-state index in [1.54, 1.807) is 16.8 Å². The molecule has 0 radical (unpaired) electrons. The van der Waals surface area contributed by atoms with E-state index in [-0.39, 0.29) is 17.6 Å². The van der Waals surface area contributed by atoms with Gasteiger partial charge in [-0.1, -0.05) is 0 Å². The molecule has 0 saturated heterocycles. The first kappa shape index (κ1) is 16.8. The van der Waals surface area contributed by atoms with E-state index in [1.165, 1.54) is 12.4 Å². The second-order valence-electron chi connectivity index (χ2n) is 6.17. The lowest BCUT2D eigenvalue weighted by Gasteiger charge is -2.29. The van der Waals surface area contributed by atoms with E-state index in [0.29, 0.717) is 12.4 Å². The second kappa shape index (κ2) is 7.21. The average molecular weight is 337 g/mol. The number of nitrogens with zero attached hydrogens (tertiary/aromatic N) is 4. The molecule has 0 atom stereocenters.